The van der Waals surface area contributed by atoms with Crippen molar-refractivity contribution >= 4 is 23.4 Å². The summed E-state index contributed by atoms with van der Waals surface area (Å²) in [4.78, 5) is 12.2. The average molecular weight is 224 g/mol. The number of benzene rings is 1. The third kappa shape index (κ3) is 3.16. The lowest BCUT2D eigenvalue weighted by Gasteiger charge is -2.16. The van der Waals surface area contributed by atoms with E-state index in [-0.39, 0.29) is 11.9 Å². The fourth-order valence-electron chi connectivity index (χ4n) is 1.33. The molecule has 15 heavy (non-hydrogen) atoms. The maximum Gasteiger partial charge on any atom is 0.239 e. The second kappa shape index (κ2) is 5.66. The van der Waals surface area contributed by atoms with Gasteiger partial charge in [-0.15, -0.1) is 11.8 Å². The van der Waals surface area contributed by atoms with Gasteiger partial charge in [0.25, 0.3) is 0 Å². The van der Waals surface area contributed by atoms with Crippen LogP contribution in [0.3, 0.4) is 0 Å². The first kappa shape index (κ1) is 11.9. The topological polar surface area (TPSA) is 55.1 Å². The van der Waals surface area contributed by atoms with E-state index >= 15 is 0 Å². The van der Waals surface area contributed by atoms with Crippen molar-refractivity contribution in [3.63, 3.8) is 0 Å². The maximum absolute atomic E-state index is 11.1. The van der Waals surface area contributed by atoms with Crippen LogP contribution in [-0.2, 0) is 4.79 Å². The molecule has 1 unspecified atom stereocenters. The molecule has 0 saturated heterocycles. The van der Waals surface area contributed by atoms with Crippen molar-refractivity contribution < 1.29 is 4.79 Å². The average Bonchev–Trinajstić information content (AvgIpc) is 2.25. The van der Waals surface area contributed by atoms with E-state index in [0.717, 1.165) is 10.6 Å². The van der Waals surface area contributed by atoms with E-state index in [1.807, 2.05) is 37.4 Å². The SMILES string of the molecule is CCC(Nc1ccccc1SC)C(N)=O. The first-order chi connectivity index (χ1) is 7.19. The Morgan fingerprint density at radius 1 is 1.53 bits per heavy atom. The van der Waals surface area contributed by atoms with E-state index in [9.17, 15) is 4.79 Å². The molecule has 1 rings (SSSR count). The van der Waals surface area contributed by atoms with Gasteiger partial charge in [0.2, 0.25) is 5.91 Å². The molecule has 0 bridgehead atoms. The van der Waals surface area contributed by atoms with Gasteiger partial charge in [-0.2, -0.15) is 0 Å². The largest absolute Gasteiger partial charge is 0.373 e. The summed E-state index contributed by atoms with van der Waals surface area (Å²) in [6, 6.07) is 7.59. The van der Waals surface area contributed by atoms with Crippen LogP contribution in [0.2, 0.25) is 0 Å². The third-order valence-electron chi connectivity index (χ3n) is 2.19. The molecule has 1 aromatic rings. The zero-order chi connectivity index (χ0) is 11.3. The Kier molecular flexibility index (Phi) is 4.49. The molecular formula is C11H16N2OS. The predicted molar refractivity (Wildman–Crippen MR) is 65.1 cm³/mol. The van der Waals surface area contributed by atoms with Gasteiger partial charge in [0, 0.05) is 10.6 Å². The van der Waals surface area contributed by atoms with Crippen molar-refractivity contribution in [1.29, 1.82) is 0 Å². The molecule has 3 N–H and O–H groups in total. The van der Waals surface area contributed by atoms with Crippen LogP contribution in [0.4, 0.5) is 5.69 Å². The Bertz CT molecular complexity index is 341. The van der Waals surface area contributed by atoms with Gasteiger partial charge in [-0.05, 0) is 24.8 Å². The van der Waals surface area contributed by atoms with Crippen molar-refractivity contribution in [2.24, 2.45) is 5.73 Å². The predicted octanol–water partition coefficient (Wildman–Crippen LogP) is 2.08. The minimum Gasteiger partial charge on any atom is -0.373 e. The molecule has 4 heteroatoms. The Balaban J connectivity index is 2.82. The molecule has 1 amide bonds. The molecule has 0 aliphatic rings. The van der Waals surface area contributed by atoms with E-state index < -0.39 is 0 Å². The Morgan fingerprint density at radius 3 is 2.73 bits per heavy atom. The maximum atomic E-state index is 11.1. The summed E-state index contributed by atoms with van der Waals surface area (Å²) >= 11 is 1.64. The summed E-state index contributed by atoms with van der Waals surface area (Å²) < 4.78 is 0. The number of hydrogen-bond acceptors (Lipinski definition) is 3. The number of para-hydroxylation sites is 1. The molecule has 0 saturated carbocycles. The number of hydrogen-bond donors (Lipinski definition) is 2. The van der Waals surface area contributed by atoms with E-state index in [1.54, 1.807) is 11.8 Å². The number of rotatable bonds is 5. The Morgan fingerprint density at radius 2 is 2.20 bits per heavy atom. The summed E-state index contributed by atoms with van der Waals surface area (Å²) in [5.41, 5.74) is 6.25. The van der Waals surface area contributed by atoms with E-state index in [0.29, 0.717) is 6.42 Å². The molecule has 0 radical (unpaired) electrons. The first-order valence-electron chi connectivity index (χ1n) is 4.88. The fraction of sp³-hybridized carbons (Fsp3) is 0.364. The number of nitrogens with one attached hydrogen (secondary N) is 1. The number of anilines is 1. The van der Waals surface area contributed by atoms with Gasteiger partial charge >= 0.3 is 0 Å². The smallest absolute Gasteiger partial charge is 0.239 e. The molecule has 0 aromatic heterocycles. The van der Waals surface area contributed by atoms with Crippen molar-refractivity contribution in [2.45, 2.75) is 24.3 Å². The molecule has 1 atom stereocenters. The Labute approximate surface area is 94.4 Å². The van der Waals surface area contributed by atoms with Crippen LogP contribution in [0.5, 0.6) is 0 Å². The number of nitrogens with two attached hydrogens (primary N) is 1. The highest BCUT2D eigenvalue weighted by Crippen LogP contribution is 2.25. The second-order valence-corrected chi connectivity index (χ2v) is 4.06. The van der Waals surface area contributed by atoms with Gasteiger partial charge in [0.1, 0.15) is 6.04 Å². The van der Waals surface area contributed by atoms with Crippen LogP contribution < -0.4 is 11.1 Å². The molecule has 0 aliphatic carbocycles. The lowest BCUT2D eigenvalue weighted by Crippen LogP contribution is -2.34. The summed E-state index contributed by atoms with van der Waals surface area (Å²) in [5.74, 6) is -0.312. The number of carbonyl (C=O) groups is 1. The quantitative estimate of drug-likeness (QED) is 0.753. The summed E-state index contributed by atoms with van der Waals surface area (Å²) in [6.07, 6.45) is 2.70. The van der Waals surface area contributed by atoms with Crippen molar-refractivity contribution in [2.75, 3.05) is 11.6 Å². The number of amides is 1. The van der Waals surface area contributed by atoms with E-state index in [4.69, 9.17) is 5.73 Å². The highest BCUT2D eigenvalue weighted by atomic mass is 32.2. The van der Waals surface area contributed by atoms with Crippen LogP contribution in [0.1, 0.15) is 13.3 Å². The highest BCUT2D eigenvalue weighted by Gasteiger charge is 2.13. The monoisotopic (exact) mass is 224 g/mol. The molecule has 0 heterocycles. The zero-order valence-electron chi connectivity index (χ0n) is 8.99. The molecule has 0 aliphatic heterocycles. The summed E-state index contributed by atoms with van der Waals surface area (Å²) in [7, 11) is 0. The minimum atomic E-state index is -0.312. The molecule has 82 valence electrons. The van der Waals surface area contributed by atoms with Crippen LogP contribution in [0, 0.1) is 0 Å². The first-order valence-corrected chi connectivity index (χ1v) is 6.10. The summed E-state index contributed by atoms with van der Waals surface area (Å²) in [6.45, 7) is 1.93. The van der Waals surface area contributed by atoms with Gasteiger partial charge in [0.05, 0.1) is 0 Å². The second-order valence-electron chi connectivity index (χ2n) is 3.21. The number of carbonyl (C=O) groups excluding carboxylic acids is 1. The zero-order valence-corrected chi connectivity index (χ0v) is 9.80. The van der Waals surface area contributed by atoms with Crippen LogP contribution in [0.15, 0.2) is 29.2 Å². The van der Waals surface area contributed by atoms with E-state index in [1.165, 1.54) is 0 Å². The van der Waals surface area contributed by atoms with Crippen molar-refractivity contribution in [1.82, 2.24) is 0 Å². The third-order valence-corrected chi connectivity index (χ3v) is 2.98. The highest BCUT2D eigenvalue weighted by molar-refractivity contribution is 7.98. The molecule has 3 nitrogen and oxygen atoms in total. The fourth-order valence-corrected chi connectivity index (χ4v) is 1.89. The van der Waals surface area contributed by atoms with Gasteiger partial charge in [0.15, 0.2) is 0 Å². The van der Waals surface area contributed by atoms with Crippen LogP contribution in [-0.4, -0.2) is 18.2 Å². The van der Waals surface area contributed by atoms with Gasteiger partial charge in [-0.25, -0.2) is 0 Å². The molecule has 0 fully saturated rings. The lowest BCUT2D eigenvalue weighted by atomic mass is 10.2. The lowest BCUT2D eigenvalue weighted by molar-refractivity contribution is -0.118. The van der Waals surface area contributed by atoms with Gasteiger partial charge < -0.3 is 11.1 Å². The van der Waals surface area contributed by atoms with E-state index in [2.05, 4.69) is 5.32 Å². The van der Waals surface area contributed by atoms with Crippen LogP contribution in [0.25, 0.3) is 0 Å². The van der Waals surface area contributed by atoms with Crippen molar-refractivity contribution in [3.05, 3.63) is 24.3 Å². The molecule has 0 spiro atoms. The van der Waals surface area contributed by atoms with Crippen LogP contribution >= 0.6 is 11.8 Å². The number of primary amides is 1. The number of thioether (sulfide) groups is 1. The van der Waals surface area contributed by atoms with Gasteiger partial charge in [-0.1, -0.05) is 19.1 Å². The standard InChI is InChI=1S/C11H16N2OS/c1-3-8(11(12)14)13-9-6-4-5-7-10(9)15-2/h4-8,13H,3H2,1-2H3,(H2,12,14). The van der Waals surface area contributed by atoms with Crippen molar-refractivity contribution in [3.8, 4) is 0 Å². The molecular weight excluding hydrogens is 208 g/mol. The normalized spacial score (nSPS) is 12.1. The minimum absolute atomic E-state index is 0.293. The van der Waals surface area contributed by atoms with Gasteiger partial charge in [-0.3, -0.25) is 4.79 Å². The summed E-state index contributed by atoms with van der Waals surface area (Å²) in [5, 5.41) is 3.15. The Hall–Kier alpha value is -1.16. The molecule has 1 aromatic carbocycles.